The van der Waals surface area contributed by atoms with Crippen LogP contribution in [0.15, 0.2) is 38.3 Å². The molecule has 1 aliphatic rings. The molecule has 0 aliphatic heterocycles. The van der Waals surface area contributed by atoms with E-state index < -0.39 is 16.1 Å². The van der Waals surface area contributed by atoms with Crippen molar-refractivity contribution in [2.24, 2.45) is 0 Å². The molecule has 0 bridgehead atoms. The van der Waals surface area contributed by atoms with Gasteiger partial charge >= 0.3 is 0 Å². The maximum atomic E-state index is 12.5. The van der Waals surface area contributed by atoms with E-state index in [4.69, 9.17) is 23.2 Å². The second kappa shape index (κ2) is 5.83. The first-order chi connectivity index (χ1) is 9.88. The number of nitrogens with one attached hydrogen (secondary N) is 1. The molecule has 0 saturated heterocycles. The fraction of sp³-hybridized carbons (Fsp3) is 0.231. The first-order valence-electron chi connectivity index (χ1n) is 6.07. The van der Waals surface area contributed by atoms with E-state index in [1.54, 1.807) is 0 Å². The van der Waals surface area contributed by atoms with E-state index in [1.807, 2.05) is 24.3 Å². The van der Waals surface area contributed by atoms with E-state index in [2.05, 4.69) is 20.7 Å². The molecule has 2 atom stereocenters. The van der Waals surface area contributed by atoms with Crippen LogP contribution < -0.4 is 4.72 Å². The van der Waals surface area contributed by atoms with Crippen molar-refractivity contribution in [2.75, 3.05) is 0 Å². The van der Waals surface area contributed by atoms with Crippen molar-refractivity contribution in [2.45, 2.75) is 22.0 Å². The van der Waals surface area contributed by atoms with Gasteiger partial charge in [0.15, 0.2) is 0 Å². The molecule has 1 aliphatic carbocycles. The maximum Gasteiger partial charge on any atom is 0.250 e. The molecule has 3 rings (SSSR count). The molecule has 0 saturated carbocycles. The average Bonchev–Trinajstić information content (AvgIpc) is 2.92. The normalized spacial score (nSPS) is 21.5. The van der Waals surface area contributed by atoms with Crippen molar-refractivity contribution in [3.8, 4) is 0 Å². The fourth-order valence-corrected chi connectivity index (χ4v) is 6.48. The minimum atomic E-state index is -3.65. The van der Waals surface area contributed by atoms with Crippen LogP contribution in [-0.2, 0) is 16.4 Å². The molecule has 3 nitrogen and oxygen atoms in total. The van der Waals surface area contributed by atoms with Gasteiger partial charge in [-0.3, -0.25) is 0 Å². The van der Waals surface area contributed by atoms with Crippen molar-refractivity contribution >= 4 is 60.5 Å². The number of rotatable bonds is 3. The number of alkyl halides is 1. The van der Waals surface area contributed by atoms with Gasteiger partial charge in [0.2, 0.25) is 0 Å². The zero-order chi connectivity index (χ0) is 15.2. The lowest BCUT2D eigenvalue weighted by molar-refractivity contribution is 0.558. The van der Waals surface area contributed by atoms with Gasteiger partial charge < -0.3 is 0 Å². The molecule has 8 heteroatoms. The van der Waals surface area contributed by atoms with Gasteiger partial charge in [-0.05, 0) is 39.5 Å². The van der Waals surface area contributed by atoms with Gasteiger partial charge in [0, 0.05) is 0 Å². The minimum Gasteiger partial charge on any atom is -0.206 e. The van der Waals surface area contributed by atoms with Crippen molar-refractivity contribution in [3.63, 3.8) is 0 Å². The molecule has 112 valence electrons. The molecule has 2 unspecified atom stereocenters. The Bertz CT molecular complexity index is 772. The van der Waals surface area contributed by atoms with Gasteiger partial charge in [0.1, 0.15) is 4.21 Å². The molecule has 0 amide bonds. The van der Waals surface area contributed by atoms with Crippen molar-refractivity contribution < 1.29 is 8.42 Å². The zero-order valence-electron chi connectivity index (χ0n) is 10.5. The van der Waals surface area contributed by atoms with Gasteiger partial charge in [-0.2, -0.15) is 0 Å². The quantitative estimate of drug-likeness (QED) is 0.741. The molecule has 21 heavy (non-hydrogen) atoms. The summed E-state index contributed by atoms with van der Waals surface area (Å²) in [5.41, 5.74) is 2.01. The van der Waals surface area contributed by atoms with Crippen molar-refractivity contribution in [1.82, 2.24) is 4.72 Å². The Morgan fingerprint density at radius 1 is 1.33 bits per heavy atom. The maximum absolute atomic E-state index is 12.5. The van der Waals surface area contributed by atoms with Crippen LogP contribution >= 0.6 is 50.5 Å². The number of hydrogen-bond donors (Lipinski definition) is 1. The smallest absolute Gasteiger partial charge is 0.206 e. The first-order valence-corrected chi connectivity index (χ1v) is 9.98. The number of fused-ring (bicyclic) bond motifs is 1. The minimum absolute atomic E-state index is 0.174. The highest BCUT2D eigenvalue weighted by Gasteiger charge is 2.34. The molecule has 1 heterocycles. The van der Waals surface area contributed by atoms with Gasteiger partial charge in [0.05, 0.1) is 20.2 Å². The Morgan fingerprint density at radius 3 is 2.71 bits per heavy atom. The summed E-state index contributed by atoms with van der Waals surface area (Å²) >= 11 is 16.5. The first kappa shape index (κ1) is 15.8. The van der Waals surface area contributed by atoms with E-state index in [-0.39, 0.29) is 9.59 Å². The summed E-state index contributed by atoms with van der Waals surface area (Å²) in [6.07, 6.45) is 0.653. The molecular weight excluding hydrogens is 417 g/mol. The lowest BCUT2D eigenvalue weighted by Crippen LogP contribution is -2.31. The standard InChI is InChI=1S/C13H10BrCl2NO2S2/c14-13-10(16)6-11(20-13)21(18,19)17-12-8-4-2-1-3-7(8)5-9(12)15/h1-4,6,9,12,17H,5H2. The van der Waals surface area contributed by atoms with E-state index in [0.29, 0.717) is 15.2 Å². The van der Waals surface area contributed by atoms with Crippen LogP contribution in [0.25, 0.3) is 0 Å². The molecule has 1 aromatic heterocycles. The molecule has 1 aromatic carbocycles. The second-order valence-corrected chi connectivity index (χ2v) is 9.98. The van der Waals surface area contributed by atoms with Crippen LogP contribution in [-0.4, -0.2) is 13.8 Å². The second-order valence-electron chi connectivity index (χ2n) is 4.70. The fourth-order valence-electron chi connectivity index (χ4n) is 2.37. The molecule has 0 fully saturated rings. The summed E-state index contributed by atoms with van der Waals surface area (Å²) in [6, 6.07) is 8.69. The lowest BCUT2D eigenvalue weighted by Gasteiger charge is -2.16. The van der Waals surface area contributed by atoms with E-state index in [1.165, 1.54) is 6.07 Å². The highest BCUT2D eigenvalue weighted by molar-refractivity contribution is 9.11. The topological polar surface area (TPSA) is 46.2 Å². The highest BCUT2D eigenvalue weighted by atomic mass is 79.9. The van der Waals surface area contributed by atoms with Crippen LogP contribution in [0.4, 0.5) is 0 Å². The van der Waals surface area contributed by atoms with Gasteiger partial charge in [-0.15, -0.1) is 22.9 Å². The Kier molecular flexibility index (Phi) is 4.38. The summed E-state index contributed by atoms with van der Waals surface area (Å²) < 4.78 is 28.4. The molecule has 1 N–H and O–H groups in total. The SMILES string of the molecule is O=S(=O)(NC1c2ccccc2CC1Cl)c1cc(Cl)c(Br)s1. The monoisotopic (exact) mass is 425 g/mol. The highest BCUT2D eigenvalue weighted by Crippen LogP contribution is 2.38. The van der Waals surface area contributed by atoms with E-state index in [9.17, 15) is 8.42 Å². The summed E-state index contributed by atoms with van der Waals surface area (Å²) in [7, 11) is -3.65. The number of benzene rings is 1. The summed E-state index contributed by atoms with van der Waals surface area (Å²) in [4.78, 5) is 0. The summed E-state index contributed by atoms with van der Waals surface area (Å²) in [5, 5.41) is 0.0886. The molecular formula is C13H10BrCl2NO2S2. The van der Waals surface area contributed by atoms with E-state index >= 15 is 0 Å². The Morgan fingerprint density at radius 2 is 2.05 bits per heavy atom. The third-order valence-electron chi connectivity index (χ3n) is 3.34. The summed E-state index contributed by atoms with van der Waals surface area (Å²) in [6.45, 7) is 0. The molecule has 0 spiro atoms. The van der Waals surface area contributed by atoms with E-state index in [0.717, 1.165) is 22.5 Å². The van der Waals surface area contributed by atoms with Gasteiger partial charge in [-0.25, -0.2) is 13.1 Å². The van der Waals surface area contributed by atoms with Gasteiger partial charge in [0.25, 0.3) is 10.0 Å². The predicted molar refractivity (Wildman–Crippen MR) is 89.9 cm³/mol. The van der Waals surface area contributed by atoms with Crippen LogP contribution in [0.1, 0.15) is 17.2 Å². The van der Waals surface area contributed by atoms with Crippen molar-refractivity contribution in [3.05, 3.63) is 50.3 Å². The Hall–Kier alpha value is -0.110. The summed E-state index contributed by atoms with van der Waals surface area (Å²) in [5.74, 6) is 0. The number of hydrogen-bond acceptors (Lipinski definition) is 3. The lowest BCUT2D eigenvalue weighted by atomic mass is 10.1. The van der Waals surface area contributed by atoms with Crippen LogP contribution in [0.5, 0.6) is 0 Å². The number of thiophene rings is 1. The van der Waals surface area contributed by atoms with Crippen LogP contribution in [0.3, 0.4) is 0 Å². The third-order valence-corrected chi connectivity index (χ3v) is 8.13. The molecule has 2 aromatic rings. The Balaban J connectivity index is 1.93. The van der Waals surface area contributed by atoms with Gasteiger partial charge in [-0.1, -0.05) is 35.9 Å². The number of halogens is 3. The third kappa shape index (κ3) is 3.02. The number of sulfonamides is 1. The molecule has 0 radical (unpaired) electrons. The average molecular weight is 427 g/mol. The predicted octanol–water partition coefficient (Wildman–Crippen LogP) is 4.35. The van der Waals surface area contributed by atoms with Crippen LogP contribution in [0.2, 0.25) is 5.02 Å². The van der Waals surface area contributed by atoms with Crippen LogP contribution in [0, 0.1) is 0 Å². The zero-order valence-corrected chi connectivity index (χ0v) is 15.2. The Labute approximate surface area is 145 Å². The van der Waals surface area contributed by atoms with Crippen molar-refractivity contribution in [1.29, 1.82) is 0 Å². The largest absolute Gasteiger partial charge is 0.250 e.